The molecule has 0 bridgehead atoms. The van der Waals surface area contributed by atoms with Gasteiger partial charge in [0.25, 0.3) is 5.56 Å². The number of esters is 1. The summed E-state index contributed by atoms with van der Waals surface area (Å²) in [6.45, 7) is -0.482. The number of allylic oxidation sites excluding steroid dienone is 1. The summed E-state index contributed by atoms with van der Waals surface area (Å²) in [5.74, 6) is -1.20. The van der Waals surface area contributed by atoms with Crippen molar-refractivity contribution in [1.29, 1.82) is 0 Å². The summed E-state index contributed by atoms with van der Waals surface area (Å²) in [7, 11) is 1.16. The van der Waals surface area contributed by atoms with Gasteiger partial charge in [-0.05, 0) is 29.3 Å². The van der Waals surface area contributed by atoms with Crippen molar-refractivity contribution in [1.82, 2.24) is 9.13 Å². The highest BCUT2D eigenvalue weighted by atomic mass is 79.9. The molecule has 0 radical (unpaired) electrons. The number of benzene rings is 2. The maximum Gasteiger partial charge on any atom is 0.333 e. The molecule has 0 unspecified atom stereocenters. The molecule has 32 heavy (non-hydrogen) atoms. The topological polar surface area (TPSA) is 99.4 Å². The number of fused-ring (bicyclic) bond motifs is 1. The second-order valence-electron chi connectivity index (χ2n) is 7.11. The first-order valence-corrected chi connectivity index (χ1v) is 10.5. The van der Waals surface area contributed by atoms with Crippen molar-refractivity contribution >= 4 is 39.6 Å². The average molecular weight is 496 g/mol. The van der Waals surface area contributed by atoms with Gasteiger partial charge in [0.2, 0.25) is 5.78 Å². The average Bonchev–Trinajstić information content (AvgIpc) is 3.12. The van der Waals surface area contributed by atoms with Crippen molar-refractivity contribution in [3.8, 4) is 0 Å². The molecule has 0 atom stereocenters. The van der Waals surface area contributed by atoms with Crippen LogP contribution in [0.3, 0.4) is 0 Å². The van der Waals surface area contributed by atoms with Gasteiger partial charge in [-0.1, -0.05) is 58.4 Å². The fraction of sp³-hybridized carbons (Fsp3) is 0.130. The fourth-order valence-electron chi connectivity index (χ4n) is 3.43. The number of aromatic nitrogens is 2. The summed E-state index contributed by atoms with van der Waals surface area (Å²) in [6.07, 6.45) is 1.61. The quantitative estimate of drug-likeness (QED) is 0.431. The lowest BCUT2D eigenvalue weighted by atomic mass is 10.1. The Morgan fingerprint density at radius 1 is 1.03 bits per heavy atom. The molecule has 2 aromatic carbocycles. The molecule has 0 aliphatic carbocycles. The molecule has 0 spiro atoms. The van der Waals surface area contributed by atoms with Gasteiger partial charge in [0.1, 0.15) is 17.9 Å². The van der Waals surface area contributed by atoms with Gasteiger partial charge in [-0.15, -0.1) is 0 Å². The van der Waals surface area contributed by atoms with Crippen LogP contribution in [0.15, 0.2) is 74.4 Å². The summed E-state index contributed by atoms with van der Waals surface area (Å²) in [4.78, 5) is 51.1. The Balaban J connectivity index is 1.87. The number of Topliss-reactive ketones (excluding diaryl/α,β-unsaturated/α-hetero) is 1. The molecule has 1 aliphatic heterocycles. The van der Waals surface area contributed by atoms with E-state index in [0.29, 0.717) is 0 Å². The lowest BCUT2D eigenvalue weighted by Gasteiger charge is -2.14. The number of halogens is 1. The van der Waals surface area contributed by atoms with E-state index in [4.69, 9.17) is 0 Å². The molecule has 8 nitrogen and oxygen atoms in total. The lowest BCUT2D eigenvalue weighted by molar-refractivity contribution is -0.141. The number of carbonyl (C=O) groups is 2. The van der Waals surface area contributed by atoms with Gasteiger partial charge in [0, 0.05) is 4.47 Å². The Labute approximate surface area is 190 Å². The summed E-state index contributed by atoms with van der Waals surface area (Å²) in [5.41, 5.74) is -0.0442. The number of anilines is 1. The van der Waals surface area contributed by atoms with Gasteiger partial charge < -0.3 is 10.1 Å². The molecule has 4 rings (SSSR count). The molecule has 1 N–H and O–H groups in total. The molecule has 1 aliphatic rings. The summed E-state index contributed by atoms with van der Waals surface area (Å²) in [6, 6.07) is 16.4. The van der Waals surface area contributed by atoms with Gasteiger partial charge in [0.15, 0.2) is 0 Å². The second-order valence-corrected chi connectivity index (χ2v) is 8.02. The van der Waals surface area contributed by atoms with E-state index in [1.165, 1.54) is 4.57 Å². The van der Waals surface area contributed by atoms with Crippen molar-refractivity contribution in [2.45, 2.75) is 13.1 Å². The fourth-order valence-corrected chi connectivity index (χ4v) is 3.69. The van der Waals surface area contributed by atoms with E-state index in [1.807, 2.05) is 54.6 Å². The van der Waals surface area contributed by atoms with Gasteiger partial charge >= 0.3 is 11.7 Å². The molecule has 0 saturated heterocycles. The van der Waals surface area contributed by atoms with Crippen LogP contribution in [0.25, 0.3) is 6.08 Å². The maximum atomic E-state index is 13.2. The predicted molar refractivity (Wildman–Crippen MR) is 123 cm³/mol. The number of hydrogen-bond acceptors (Lipinski definition) is 6. The molecule has 0 amide bonds. The van der Waals surface area contributed by atoms with Crippen LogP contribution in [0.5, 0.6) is 0 Å². The lowest BCUT2D eigenvalue weighted by Crippen LogP contribution is -2.44. The molecule has 0 saturated carbocycles. The minimum Gasteiger partial charge on any atom is -0.468 e. The van der Waals surface area contributed by atoms with Crippen LogP contribution in [0.1, 0.15) is 21.5 Å². The van der Waals surface area contributed by atoms with Crippen LogP contribution < -0.4 is 16.6 Å². The van der Waals surface area contributed by atoms with Crippen LogP contribution in [0.2, 0.25) is 0 Å². The third-order valence-electron chi connectivity index (χ3n) is 5.03. The molecular weight excluding hydrogens is 478 g/mol. The van der Waals surface area contributed by atoms with E-state index in [2.05, 4.69) is 26.0 Å². The van der Waals surface area contributed by atoms with Crippen LogP contribution >= 0.6 is 15.9 Å². The summed E-state index contributed by atoms with van der Waals surface area (Å²) in [5, 5.41) is 2.95. The Hall–Kier alpha value is -3.72. The van der Waals surface area contributed by atoms with Crippen LogP contribution in [0.4, 0.5) is 5.82 Å². The molecule has 9 heteroatoms. The largest absolute Gasteiger partial charge is 0.468 e. The number of nitrogens with one attached hydrogen (secondary N) is 1. The molecule has 2 heterocycles. The standard InChI is InChI=1S/C23H18BrN3O5/c1-32-18(28)13-27-22(30)19-20(29)17(11-14-7-9-16(24)10-8-14)25-21(19)26(23(27)31)12-15-5-3-2-4-6-15/h2-11,25H,12-13H2,1H3. The van der Waals surface area contributed by atoms with Gasteiger partial charge in [0.05, 0.1) is 19.4 Å². The Kier molecular flexibility index (Phi) is 5.91. The van der Waals surface area contributed by atoms with E-state index < -0.39 is 29.5 Å². The van der Waals surface area contributed by atoms with E-state index >= 15 is 0 Å². The van der Waals surface area contributed by atoms with E-state index in [0.717, 1.165) is 27.3 Å². The molecule has 0 fully saturated rings. The minimum atomic E-state index is -0.837. The highest BCUT2D eigenvalue weighted by molar-refractivity contribution is 9.10. The number of nitrogens with zero attached hydrogens (tertiary/aromatic N) is 2. The first kappa shape index (κ1) is 21.5. The van der Waals surface area contributed by atoms with Crippen molar-refractivity contribution in [2.24, 2.45) is 0 Å². The number of rotatable bonds is 5. The van der Waals surface area contributed by atoms with E-state index in [1.54, 1.807) is 6.08 Å². The highest BCUT2D eigenvalue weighted by Crippen LogP contribution is 2.26. The zero-order chi connectivity index (χ0) is 22.8. The normalized spacial score (nSPS) is 13.7. The van der Waals surface area contributed by atoms with E-state index in [-0.39, 0.29) is 23.6 Å². The number of ketones is 1. The minimum absolute atomic E-state index is 0.106. The van der Waals surface area contributed by atoms with Crippen LogP contribution in [-0.4, -0.2) is 28.0 Å². The predicted octanol–water partition coefficient (Wildman–Crippen LogP) is 2.64. The molecule has 1 aromatic heterocycles. The van der Waals surface area contributed by atoms with Crippen LogP contribution in [0, 0.1) is 0 Å². The maximum absolute atomic E-state index is 13.2. The number of ether oxygens (including phenoxy) is 1. The van der Waals surface area contributed by atoms with Gasteiger partial charge in [-0.3, -0.25) is 19.0 Å². The summed E-state index contributed by atoms with van der Waals surface area (Å²) >= 11 is 3.36. The number of carbonyl (C=O) groups excluding carboxylic acids is 2. The zero-order valence-corrected chi connectivity index (χ0v) is 18.6. The number of hydrogen-bond donors (Lipinski definition) is 1. The number of methoxy groups -OCH3 is 1. The van der Waals surface area contributed by atoms with Crippen molar-refractivity contribution in [2.75, 3.05) is 12.4 Å². The molecule has 162 valence electrons. The smallest absolute Gasteiger partial charge is 0.333 e. The highest BCUT2D eigenvalue weighted by Gasteiger charge is 2.33. The zero-order valence-electron chi connectivity index (χ0n) is 17.0. The van der Waals surface area contributed by atoms with Crippen molar-refractivity contribution < 1.29 is 14.3 Å². The molecular formula is C23H18BrN3O5. The van der Waals surface area contributed by atoms with Gasteiger partial charge in [-0.2, -0.15) is 0 Å². The Morgan fingerprint density at radius 3 is 2.38 bits per heavy atom. The first-order chi connectivity index (χ1) is 15.4. The Morgan fingerprint density at radius 2 is 1.72 bits per heavy atom. The van der Waals surface area contributed by atoms with Gasteiger partial charge in [-0.25, -0.2) is 9.36 Å². The van der Waals surface area contributed by atoms with Crippen molar-refractivity contribution in [3.05, 3.63) is 102 Å². The van der Waals surface area contributed by atoms with E-state index in [9.17, 15) is 19.2 Å². The molecule has 3 aromatic rings. The van der Waals surface area contributed by atoms with Crippen LogP contribution in [-0.2, 0) is 22.6 Å². The first-order valence-electron chi connectivity index (χ1n) is 9.66. The monoisotopic (exact) mass is 495 g/mol. The van der Waals surface area contributed by atoms with Crippen molar-refractivity contribution in [3.63, 3.8) is 0 Å². The summed E-state index contributed by atoms with van der Waals surface area (Å²) < 4.78 is 7.52. The SMILES string of the molecule is COC(=O)Cn1c(=O)c2c(n(Cc3ccccc3)c1=O)NC(=Cc1ccc(Br)cc1)C2=O. The Bertz CT molecular complexity index is 1360. The third-order valence-corrected chi connectivity index (χ3v) is 5.56. The second kappa shape index (κ2) is 8.80. The third kappa shape index (κ3) is 4.06.